The number of nitriles is 1. The minimum absolute atomic E-state index is 0.00780. The van der Waals surface area contributed by atoms with Gasteiger partial charge in [-0.05, 0) is 36.1 Å². The smallest absolute Gasteiger partial charge is 0.259 e. The number of hydrogen-bond acceptors (Lipinski definition) is 6. The number of hydrogen-bond donors (Lipinski definition) is 2. The zero-order valence-electron chi connectivity index (χ0n) is 21.5. The van der Waals surface area contributed by atoms with Crippen molar-refractivity contribution < 1.29 is 19.5 Å². The molecule has 1 spiro atoms. The summed E-state index contributed by atoms with van der Waals surface area (Å²) in [6.45, 7) is 3.94. The monoisotopic (exact) mass is 511 g/mol. The molecule has 1 saturated heterocycles. The number of nitrogens with zero attached hydrogens (tertiary/aromatic N) is 4. The average molecular weight is 512 g/mol. The van der Waals surface area contributed by atoms with Gasteiger partial charge in [-0.1, -0.05) is 44.2 Å². The van der Waals surface area contributed by atoms with E-state index in [1.165, 1.54) is 23.0 Å². The van der Waals surface area contributed by atoms with Crippen LogP contribution >= 0.6 is 0 Å². The van der Waals surface area contributed by atoms with E-state index in [0.717, 1.165) is 5.56 Å². The number of benzene rings is 2. The van der Waals surface area contributed by atoms with Crippen molar-refractivity contribution in [3.63, 3.8) is 0 Å². The molecule has 0 bridgehead atoms. The number of carbonyl (C=O) groups excluding carboxylic acids is 3. The predicted molar refractivity (Wildman–Crippen MR) is 141 cm³/mol. The standard InChI is InChI=1S/C29H29N5O4/c1-17(2)12-24(33(3)26(36)20-15-31-22-10-6-4-8-19(22)25(20)35)27(37)34-16-29(13-18(34)14-30)21-9-5-7-11-23(21)32-28(29)38/h4-11,15,17-18,24H,12-13,16H2,1-3H3,(H,31,35)(H,32,38)/t18-,24-,29-/m0/s1. The summed E-state index contributed by atoms with van der Waals surface area (Å²) >= 11 is 0. The normalized spacial score (nSPS) is 20.9. The first kappa shape index (κ1) is 25.2. The molecule has 0 saturated carbocycles. The van der Waals surface area contributed by atoms with Crippen LogP contribution in [0.2, 0.25) is 0 Å². The highest BCUT2D eigenvalue weighted by Crippen LogP contribution is 2.46. The van der Waals surface area contributed by atoms with Gasteiger partial charge in [0.25, 0.3) is 5.91 Å². The topological polar surface area (TPSA) is 127 Å². The van der Waals surface area contributed by atoms with E-state index in [9.17, 15) is 24.8 Å². The maximum Gasteiger partial charge on any atom is 0.259 e. The number of nitrogens with one attached hydrogen (secondary N) is 1. The van der Waals surface area contributed by atoms with Crippen molar-refractivity contribution in [1.29, 1.82) is 5.26 Å². The van der Waals surface area contributed by atoms with Gasteiger partial charge in [0.2, 0.25) is 11.8 Å². The number of carbonyl (C=O) groups is 3. The lowest BCUT2D eigenvalue weighted by atomic mass is 9.80. The molecule has 38 heavy (non-hydrogen) atoms. The number of aromatic nitrogens is 1. The van der Waals surface area contributed by atoms with E-state index >= 15 is 0 Å². The van der Waals surface area contributed by atoms with Crippen molar-refractivity contribution in [2.24, 2.45) is 5.92 Å². The molecule has 2 aromatic carbocycles. The van der Waals surface area contributed by atoms with Crippen molar-refractivity contribution in [3.05, 3.63) is 65.9 Å². The van der Waals surface area contributed by atoms with Crippen LogP contribution in [0.3, 0.4) is 0 Å². The Labute approximate surface area is 220 Å². The SMILES string of the molecule is CC(C)C[C@@H](C(=O)N1C[C@]2(C[C@H]1C#N)C(=O)Nc1ccccc12)N(C)C(=O)c1cnc2ccccc2c1O. The van der Waals surface area contributed by atoms with E-state index in [4.69, 9.17) is 0 Å². The molecule has 0 unspecified atom stereocenters. The van der Waals surface area contributed by atoms with Crippen LogP contribution in [0, 0.1) is 17.2 Å². The Morgan fingerprint density at radius 3 is 2.68 bits per heavy atom. The van der Waals surface area contributed by atoms with E-state index in [-0.39, 0.29) is 36.1 Å². The first-order chi connectivity index (χ1) is 18.2. The summed E-state index contributed by atoms with van der Waals surface area (Å²) in [5, 5.41) is 24.2. The van der Waals surface area contributed by atoms with Gasteiger partial charge in [0.15, 0.2) is 0 Å². The minimum Gasteiger partial charge on any atom is -0.506 e. The molecule has 1 fully saturated rings. The molecular weight excluding hydrogens is 482 g/mol. The zero-order chi connectivity index (χ0) is 27.2. The first-order valence-electron chi connectivity index (χ1n) is 12.6. The van der Waals surface area contributed by atoms with Gasteiger partial charge in [-0.2, -0.15) is 5.26 Å². The van der Waals surface area contributed by atoms with Crippen molar-refractivity contribution in [3.8, 4) is 11.8 Å². The summed E-state index contributed by atoms with van der Waals surface area (Å²) in [4.78, 5) is 47.9. The number of para-hydroxylation sites is 2. The summed E-state index contributed by atoms with van der Waals surface area (Å²) in [5.74, 6) is -1.33. The van der Waals surface area contributed by atoms with Crippen LogP contribution in [0.15, 0.2) is 54.7 Å². The fraction of sp³-hybridized carbons (Fsp3) is 0.345. The van der Waals surface area contributed by atoms with Crippen LogP contribution in [0.5, 0.6) is 5.75 Å². The third kappa shape index (κ3) is 3.93. The molecule has 9 heteroatoms. The van der Waals surface area contributed by atoms with Crippen LogP contribution in [0.4, 0.5) is 5.69 Å². The van der Waals surface area contributed by atoms with Gasteiger partial charge in [-0.15, -0.1) is 0 Å². The van der Waals surface area contributed by atoms with E-state index < -0.39 is 29.3 Å². The summed E-state index contributed by atoms with van der Waals surface area (Å²) in [6.07, 6.45) is 1.84. The molecule has 194 valence electrons. The third-order valence-corrected chi connectivity index (χ3v) is 7.66. The van der Waals surface area contributed by atoms with Crippen molar-refractivity contribution >= 4 is 34.3 Å². The Bertz CT molecular complexity index is 1500. The molecule has 3 atom stereocenters. The summed E-state index contributed by atoms with van der Waals surface area (Å²) in [7, 11) is 1.52. The number of likely N-dealkylation sites (tertiary alicyclic amines) is 1. The minimum atomic E-state index is -1.02. The number of aromatic hydroxyl groups is 1. The van der Waals surface area contributed by atoms with Crippen molar-refractivity contribution in [2.75, 3.05) is 18.9 Å². The molecule has 3 heterocycles. The molecule has 9 nitrogen and oxygen atoms in total. The van der Waals surface area contributed by atoms with Crippen LogP contribution in [-0.2, 0) is 15.0 Å². The lowest BCUT2D eigenvalue weighted by molar-refractivity contribution is -0.136. The Kier molecular flexibility index (Phi) is 6.27. The highest BCUT2D eigenvalue weighted by atomic mass is 16.3. The quantitative estimate of drug-likeness (QED) is 0.540. The lowest BCUT2D eigenvalue weighted by Gasteiger charge is -2.33. The first-order valence-corrected chi connectivity index (χ1v) is 12.6. The number of anilines is 1. The van der Waals surface area contributed by atoms with Gasteiger partial charge < -0.3 is 20.2 Å². The number of pyridine rings is 1. The maximum absolute atomic E-state index is 14.1. The Balaban J connectivity index is 1.48. The predicted octanol–water partition coefficient (Wildman–Crippen LogP) is 3.44. The third-order valence-electron chi connectivity index (χ3n) is 7.66. The number of likely N-dealkylation sites (N-methyl/N-ethyl adjacent to an activating group) is 1. The second-order valence-electron chi connectivity index (χ2n) is 10.5. The van der Waals surface area contributed by atoms with Crippen LogP contribution in [-0.4, -0.2) is 63.3 Å². The van der Waals surface area contributed by atoms with Gasteiger partial charge in [0.05, 0.1) is 17.0 Å². The summed E-state index contributed by atoms with van der Waals surface area (Å²) < 4.78 is 0. The van der Waals surface area contributed by atoms with Gasteiger partial charge in [-0.3, -0.25) is 19.4 Å². The molecule has 3 aromatic rings. The molecule has 2 aliphatic rings. The second-order valence-corrected chi connectivity index (χ2v) is 10.5. The van der Waals surface area contributed by atoms with Crippen molar-refractivity contribution in [2.45, 2.75) is 44.2 Å². The highest BCUT2D eigenvalue weighted by Gasteiger charge is 2.56. The van der Waals surface area contributed by atoms with E-state index in [0.29, 0.717) is 23.0 Å². The molecule has 3 amide bonds. The number of amides is 3. The van der Waals surface area contributed by atoms with Crippen LogP contribution in [0.25, 0.3) is 10.9 Å². The van der Waals surface area contributed by atoms with E-state index in [2.05, 4.69) is 16.4 Å². The van der Waals surface area contributed by atoms with E-state index in [1.54, 1.807) is 24.3 Å². The molecule has 1 aromatic heterocycles. The fourth-order valence-electron chi connectivity index (χ4n) is 5.66. The highest BCUT2D eigenvalue weighted by molar-refractivity contribution is 6.08. The molecule has 0 radical (unpaired) electrons. The van der Waals surface area contributed by atoms with Crippen LogP contribution in [0.1, 0.15) is 42.6 Å². The molecule has 2 N–H and O–H groups in total. The van der Waals surface area contributed by atoms with E-state index in [1.807, 2.05) is 38.1 Å². The lowest BCUT2D eigenvalue weighted by Crippen LogP contribution is -2.52. The number of fused-ring (bicyclic) bond motifs is 3. The fourth-order valence-corrected chi connectivity index (χ4v) is 5.66. The summed E-state index contributed by atoms with van der Waals surface area (Å²) in [5.41, 5.74) is 0.990. The largest absolute Gasteiger partial charge is 0.506 e. The van der Waals surface area contributed by atoms with Crippen molar-refractivity contribution in [1.82, 2.24) is 14.8 Å². The summed E-state index contributed by atoms with van der Waals surface area (Å²) in [6, 6.07) is 14.8. The second kappa shape index (κ2) is 9.45. The number of rotatable bonds is 5. The Morgan fingerprint density at radius 2 is 1.95 bits per heavy atom. The van der Waals surface area contributed by atoms with Gasteiger partial charge in [0, 0.05) is 37.3 Å². The molecule has 0 aliphatic carbocycles. The van der Waals surface area contributed by atoms with Gasteiger partial charge >= 0.3 is 0 Å². The zero-order valence-corrected chi connectivity index (χ0v) is 21.5. The molecule has 2 aliphatic heterocycles. The Hall–Kier alpha value is -4.45. The van der Waals surface area contributed by atoms with Crippen LogP contribution < -0.4 is 5.32 Å². The molecular formula is C29H29N5O4. The maximum atomic E-state index is 14.1. The Morgan fingerprint density at radius 1 is 1.24 bits per heavy atom. The molecule has 5 rings (SSSR count). The average Bonchev–Trinajstić information content (AvgIpc) is 3.44. The van der Waals surface area contributed by atoms with Gasteiger partial charge in [-0.25, -0.2) is 0 Å². The van der Waals surface area contributed by atoms with Gasteiger partial charge in [0.1, 0.15) is 23.4 Å².